The van der Waals surface area contributed by atoms with Gasteiger partial charge in [-0.15, -0.1) is 0 Å². The lowest BCUT2D eigenvalue weighted by atomic mass is 10.3. The van der Waals surface area contributed by atoms with Gasteiger partial charge in [0.05, 0.1) is 0 Å². The molecule has 1 aliphatic rings. The molecular formula is C14H20F2N2S. The van der Waals surface area contributed by atoms with E-state index >= 15 is 0 Å². The number of para-hydroxylation sites is 1. The van der Waals surface area contributed by atoms with Crippen LogP contribution in [0.25, 0.3) is 0 Å². The first-order chi connectivity index (χ1) is 9.25. The minimum absolute atomic E-state index is 0.602. The minimum Gasteiger partial charge on any atom is -0.384 e. The fourth-order valence-electron chi connectivity index (χ4n) is 2.34. The largest absolute Gasteiger partial charge is 0.384 e. The summed E-state index contributed by atoms with van der Waals surface area (Å²) >= 11 is 0.602. The summed E-state index contributed by atoms with van der Waals surface area (Å²) in [6.45, 7) is 4.34. The Hall–Kier alpha value is -0.810. The van der Waals surface area contributed by atoms with E-state index in [0.717, 1.165) is 25.2 Å². The second-order valence-corrected chi connectivity index (χ2v) is 5.74. The molecule has 0 bridgehead atoms. The molecule has 1 fully saturated rings. The first-order valence-electron chi connectivity index (χ1n) is 6.76. The van der Waals surface area contributed by atoms with Crippen LogP contribution in [0, 0.1) is 0 Å². The number of rotatable bonds is 7. The maximum atomic E-state index is 12.4. The Morgan fingerprint density at radius 3 is 2.68 bits per heavy atom. The monoisotopic (exact) mass is 286 g/mol. The molecule has 0 spiro atoms. The van der Waals surface area contributed by atoms with Crippen molar-refractivity contribution in [3.63, 3.8) is 0 Å². The predicted octanol–water partition coefficient (Wildman–Crippen LogP) is 3.90. The third-order valence-corrected chi connectivity index (χ3v) is 4.06. The molecular weight excluding hydrogens is 266 g/mol. The Morgan fingerprint density at radius 1 is 1.21 bits per heavy atom. The Kier molecular flexibility index (Phi) is 5.92. The van der Waals surface area contributed by atoms with Gasteiger partial charge in [-0.1, -0.05) is 23.9 Å². The number of nitrogens with one attached hydrogen (secondary N) is 1. The highest BCUT2D eigenvalue weighted by molar-refractivity contribution is 7.99. The average molecular weight is 286 g/mol. The van der Waals surface area contributed by atoms with Gasteiger partial charge in [0.2, 0.25) is 0 Å². The Labute approximate surface area is 117 Å². The highest BCUT2D eigenvalue weighted by Crippen LogP contribution is 2.31. The summed E-state index contributed by atoms with van der Waals surface area (Å²) in [5, 5.41) is 3.26. The van der Waals surface area contributed by atoms with Crippen molar-refractivity contribution >= 4 is 17.4 Å². The number of hydrogen-bond acceptors (Lipinski definition) is 3. The number of anilines is 1. The van der Waals surface area contributed by atoms with Crippen LogP contribution in [-0.2, 0) is 0 Å². The summed E-state index contributed by atoms with van der Waals surface area (Å²) in [5.74, 6) is -2.37. The molecule has 0 atom stereocenters. The molecule has 5 heteroatoms. The van der Waals surface area contributed by atoms with Crippen LogP contribution in [0.5, 0.6) is 0 Å². The van der Waals surface area contributed by atoms with Gasteiger partial charge < -0.3 is 10.2 Å². The van der Waals surface area contributed by atoms with Crippen molar-refractivity contribution in [3.8, 4) is 0 Å². The van der Waals surface area contributed by atoms with E-state index in [4.69, 9.17) is 0 Å². The summed E-state index contributed by atoms with van der Waals surface area (Å²) < 4.78 is 24.8. The third-order valence-electron chi connectivity index (χ3n) is 3.27. The molecule has 0 unspecified atom stereocenters. The Bertz CT molecular complexity index is 381. The summed E-state index contributed by atoms with van der Waals surface area (Å²) in [7, 11) is 0. The summed E-state index contributed by atoms with van der Waals surface area (Å²) in [5.41, 5.74) is 0.814. The van der Waals surface area contributed by atoms with Crippen molar-refractivity contribution in [2.75, 3.05) is 31.5 Å². The van der Waals surface area contributed by atoms with Crippen LogP contribution in [0.2, 0.25) is 0 Å². The van der Waals surface area contributed by atoms with Crippen molar-refractivity contribution < 1.29 is 8.78 Å². The minimum atomic E-state index is -2.37. The molecule has 0 aliphatic carbocycles. The Morgan fingerprint density at radius 2 is 1.95 bits per heavy atom. The van der Waals surface area contributed by atoms with Crippen LogP contribution >= 0.6 is 11.8 Å². The molecule has 106 valence electrons. The summed E-state index contributed by atoms with van der Waals surface area (Å²) in [6.07, 6.45) is 3.66. The highest BCUT2D eigenvalue weighted by atomic mass is 32.2. The van der Waals surface area contributed by atoms with Crippen LogP contribution in [-0.4, -0.2) is 36.8 Å². The van der Waals surface area contributed by atoms with Crippen molar-refractivity contribution in [1.82, 2.24) is 4.90 Å². The van der Waals surface area contributed by atoms with Crippen molar-refractivity contribution in [2.24, 2.45) is 0 Å². The molecule has 1 N–H and O–H groups in total. The van der Waals surface area contributed by atoms with Gasteiger partial charge in [-0.05, 0) is 51.0 Å². The number of likely N-dealkylation sites (tertiary alicyclic amines) is 1. The molecule has 19 heavy (non-hydrogen) atoms. The summed E-state index contributed by atoms with van der Waals surface area (Å²) in [4.78, 5) is 3.08. The van der Waals surface area contributed by atoms with Crippen LogP contribution < -0.4 is 5.32 Å². The average Bonchev–Trinajstić information content (AvgIpc) is 2.89. The molecule has 0 aromatic heterocycles. The second kappa shape index (κ2) is 7.70. The molecule has 1 aromatic carbocycles. The second-order valence-electron chi connectivity index (χ2n) is 4.70. The first-order valence-corrected chi connectivity index (χ1v) is 7.64. The maximum Gasteiger partial charge on any atom is 0.288 e. The molecule has 1 aromatic rings. The van der Waals surface area contributed by atoms with E-state index in [0.29, 0.717) is 16.7 Å². The van der Waals surface area contributed by atoms with Gasteiger partial charge in [-0.25, -0.2) is 0 Å². The van der Waals surface area contributed by atoms with Crippen molar-refractivity contribution in [3.05, 3.63) is 24.3 Å². The first kappa shape index (κ1) is 14.6. The maximum absolute atomic E-state index is 12.4. The van der Waals surface area contributed by atoms with E-state index in [1.807, 2.05) is 12.1 Å². The number of alkyl halides is 2. The lowest BCUT2D eigenvalue weighted by molar-refractivity contribution is 0.252. The number of halogens is 2. The molecule has 1 heterocycles. The summed E-state index contributed by atoms with van der Waals surface area (Å²) in [6, 6.07) is 7.26. The van der Waals surface area contributed by atoms with Crippen LogP contribution in [0.3, 0.4) is 0 Å². The third kappa shape index (κ3) is 4.99. The molecule has 1 saturated heterocycles. The number of benzene rings is 1. The smallest absolute Gasteiger partial charge is 0.288 e. The van der Waals surface area contributed by atoms with Crippen LogP contribution in [0.1, 0.15) is 19.3 Å². The topological polar surface area (TPSA) is 15.3 Å². The number of nitrogens with zero attached hydrogens (tertiary/aromatic N) is 1. The zero-order chi connectivity index (χ0) is 13.5. The van der Waals surface area contributed by atoms with Gasteiger partial charge in [0.25, 0.3) is 5.76 Å². The molecule has 0 saturated carbocycles. The van der Waals surface area contributed by atoms with Crippen LogP contribution in [0.4, 0.5) is 14.5 Å². The van der Waals surface area contributed by atoms with E-state index in [1.165, 1.54) is 25.9 Å². The van der Waals surface area contributed by atoms with E-state index < -0.39 is 5.76 Å². The van der Waals surface area contributed by atoms with E-state index in [1.54, 1.807) is 12.1 Å². The predicted molar refractivity (Wildman–Crippen MR) is 77.1 cm³/mol. The lowest BCUT2D eigenvalue weighted by Gasteiger charge is -2.15. The fourth-order valence-corrected chi connectivity index (χ4v) is 2.96. The van der Waals surface area contributed by atoms with Gasteiger partial charge in [0.1, 0.15) is 0 Å². The quantitative estimate of drug-likeness (QED) is 0.604. The normalized spacial score (nSPS) is 16.2. The molecule has 2 rings (SSSR count). The van der Waals surface area contributed by atoms with Crippen molar-refractivity contribution in [1.29, 1.82) is 0 Å². The highest BCUT2D eigenvalue weighted by Gasteiger charge is 2.11. The van der Waals surface area contributed by atoms with E-state index in [-0.39, 0.29) is 0 Å². The van der Waals surface area contributed by atoms with Crippen LogP contribution in [0.15, 0.2) is 29.2 Å². The zero-order valence-corrected chi connectivity index (χ0v) is 11.8. The lowest BCUT2D eigenvalue weighted by Crippen LogP contribution is -2.22. The Balaban J connectivity index is 1.75. The SMILES string of the molecule is FC(F)Sc1ccccc1NCCCN1CCCC1. The van der Waals surface area contributed by atoms with E-state index in [2.05, 4.69) is 10.2 Å². The molecule has 1 aliphatic heterocycles. The van der Waals surface area contributed by atoms with Gasteiger partial charge in [0.15, 0.2) is 0 Å². The molecule has 0 radical (unpaired) electrons. The van der Waals surface area contributed by atoms with Crippen molar-refractivity contribution in [2.45, 2.75) is 29.9 Å². The number of hydrogen-bond donors (Lipinski definition) is 1. The van der Waals surface area contributed by atoms with Gasteiger partial charge in [-0.2, -0.15) is 8.78 Å². The standard InChI is InChI=1S/C14H20F2N2S/c15-14(16)19-13-7-2-1-6-12(13)17-8-5-11-18-9-3-4-10-18/h1-2,6-7,14,17H,3-5,8-11H2. The van der Waals surface area contributed by atoms with Gasteiger partial charge in [0, 0.05) is 17.1 Å². The molecule has 0 amide bonds. The fraction of sp³-hybridized carbons (Fsp3) is 0.571. The molecule has 2 nitrogen and oxygen atoms in total. The van der Waals surface area contributed by atoms with Gasteiger partial charge >= 0.3 is 0 Å². The van der Waals surface area contributed by atoms with E-state index in [9.17, 15) is 8.78 Å². The van der Waals surface area contributed by atoms with Gasteiger partial charge in [-0.3, -0.25) is 0 Å². The number of thioether (sulfide) groups is 1. The zero-order valence-electron chi connectivity index (χ0n) is 10.9.